The highest BCUT2D eigenvalue weighted by atomic mass is 32.2. The lowest BCUT2D eigenvalue weighted by Crippen LogP contribution is -2.52. The second kappa shape index (κ2) is 9.95. The number of carbonyl (C=O) groups is 1. The maximum absolute atomic E-state index is 12.5. The van der Waals surface area contributed by atoms with Gasteiger partial charge in [0, 0.05) is 19.3 Å². The number of hydrogen-bond donors (Lipinski definition) is 1. The summed E-state index contributed by atoms with van der Waals surface area (Å²) in [4.78, 5) is 17.1. The van der Waals surface area contributed by atoms with Gasteiger partial charge in [-0.15, -0.1) is 0 Å². The van der Waals surface area contributed by atoms with Gasteiger partial charge in [0.05, 0.1) is 0 Å². The average Bonchev–Trinajstić information content (AvgIpc) is 3.16. The fourth-order valence-corrected chi connectivity index (χ4v) is 6.11. The smallest absolute Gasteiger partial charge is 0.189 e. The molecule has 29 heavy (non-hydrogen) atoms. The molecule has 5 nitrogen and oxygen atoms in total. The van der Waals surface area contributed by atoms with Crippen molar-refractivity contribution in [2.45, 2.75) is 127 Å². The van der Waals surface area contributed by atoms with Crippen molar-refractivity contribution in [1.29, 1.82) is 0 Å². The summed E-state index contributed by atoms with van der Waals surface area (Å²) in [6.45, 7) is 6.36. The van der Waals surface area contributed by atoms with Crippen LogP contribution in [0, 0.1) is 5.41 Å². The molecule has 0 aromatic carbocycles. The number of rotatable bonds is 12. The van der Waals surface area contributed by atoms with Gasteiger partial charge in [-0.2, -0.15) is 5.10 Å². The topological polar surface area (TPSA) is 68.0 Å². The number of fused-ring (bicyclic) bond motifs is 3. The first-order chi connectivity index (χ1) is 13.9. The third kappa shape index (κ3) is 5.63. The van der Waals surface area contributed by atoms with Crippen molar-refractivity contribution < 1.29 is 9.90 Å². The fourth-order valence-electron chi connectivity index (χ4n) is 4.85. The summed E-state index contributed by atoms with van der Waals surface area (Å²) in [7, 11) is 0. The molecule has 0 amide bonds. The molecule has 1 saturated carbocycles. The lowest BCUT2D eigenvalue weighted by molar-refractivity contribution is -0.146. The van der Waals surface area contributed by atoms with Crippen LogP contribution in [0.5, 0.6) is 0 Å². The average molecular weight is 422 g/mol. The van der Waals surface area contributed by atoms with Crippen molar-refractivity contribution in [3.05, 3.63) is 5.82 Å². The van der Waals surface area contributed by atoms with Crippen molar-refractivity contribution in [3.63, 3.8) is 0 Å². The van der Waals surface area contributed by atoms with E-state index in [1.165, 1.54) is 76.0 Å². The van der Waals surface area contributed by atoms with E-state index in [0.29, 0.717) is 18.0 Å². The van der Waals surface area contributed by atoms with E-state index in [4.69, 9.17) is 0 Å². The fraction of sp³-hybridized carbons (Fsp3) is 0.870. The number of Topliss-reactive ketones (excluding diaryl/α,β-unsaturated/α-hetero) is 1. The predicted molar refractivity (Wildman–Crippen MR) is 118 cm³/mol. The van der Waals surface area contributed by atoms with Crippen LogP contribution in [0.2, 0.25) is 0 Å². The van der Waals surface area contributed by atoms with Gasteiger partial charge in [0.2, 0.25) is 0 Å². The molecule has 1 aromatic rings. The summed E-state index contributed by atoms with van der Waals surface area (Å²) in [5.74, 6) is 0.930. The SMILES string of the molecule is CCCCCCCCCCCCCc1nc2n(n1)C1(O)CC(C)(C)CC(=O)C1S2. The molecule has 1 N–H and O–H groups in total. The van der Waals surface area contributed by atoms with E-state index in [9.17, 15) is 9.90 Å². The minimum absolute atomic E-state index is 0.118. The standard InChI is InChI=1S/C23H39N3O2S/c1-4-5-6-7-8-9-10-11-12-13-14-15-19-24-21-26(25-19)23(28)17-22(2,3)16-18(27)20(23)29-21/h20,28H,4-17H2,1-3H3. The number of aliphatic hydroxyl groups is 1. The molecule has 0 radical (unpaired) electrons. The molecule has 3 rings (SSSR count). The first-order valence-electron chi connectivity index (χ1n) is 11.7. The third-order valence-corrected chi connectivity index (χ3v) is 7.67. The molecule has 2 heterocycles. The van der Waals surface area contributed by atoms with E-state index in [-0.39, 0.29) is 11.2 Å². The zero-order valence-electron chi connectivity index (χ0n) is 18.6. The molecule has 164 valence electrons. The lowest BCUT2D eigenvalue weighted by atomic mass is 9.72. The Kier molecular flexibility index (Phi) is 7.82. The van der Waals surface area contributed by atoms with Crippen molar-refractivity contribution in [1.82, 2.24) is 14.8 Å². The number of hydrogen-bond acceptors (Lipinski definition) is 5. The van der Waals surface area contributed by atoms with E-state index in [2.05, 4.69) is 17.0 Å². The zero-order valence-corrected chi connectivity index (χ0v) is 19.4. The largest absolute Gasteiger partial charge is 0.368 e. The Bertz CT molecular complexity index is 688. The Morgan fingerprint density at radius 2 is 1.62 bits per heavy atom. The monoisotopic (exact) mass is 421 g/mol. The summed E-state index contributed by atoms with van der Waals surface area (Å²) >= 11 is 1.40. The van der Waals surface area contributed by atoms with Crippen LogP contribution < -0.4 is 0 Å². The first-order valence-corrected chi connectivity index (χ1v) is 12.6. The van der Waals surface area contributed by atoms with E-state index in [1.54, 1.807) is 4.68 Å². The number of aryl methyl sites for hydroxylation is 1. The Morgan fingerprint density at radius 1 is 1.03 bits per heavy atom. The third-order valence-electron chi connectivity index (χ3n) is 6.32. The first kappa shape index (κ1) is 22.8. The van der Waals surface area contributed by atoms with Crippen molar-refractivity contribution in [2.24, 2.45) is 5.41 Å². The Morgan fingerprint density at radius 3 is 2.24 bits per heavy atom. The molecule has 6 heteroatoms. The summed E-state index contributed by atoms with van der Waals surface area (Å²) in [5.41, 5.74) is -1.41. The maximum atomic E-state index is 12.5. The van der Waals surface area contributed by atoms with E-state index in [0.717, 1.165) is 18.7 Å². The van der Waals surface area contributed by atoms with E-state index >= 15 is 0 Å². The molecular formula is C23H39N3O2S. The van der Waals surface area contributed by atoms with Crippen molar-refractivity contribution in [2.75, 3.05) is 0 Å². The highest BCUT2D eigenvalue weighted by Gasteiger charge is 2.57. The van der Waals surface area contributed by atoms with Crippen molar-refractivity contribution in [3.8, 4) is 0 Å². The van der Waals surface area contributed by atoms with Gasteiger partial charge in [0.15, 0.2) is 22.5 Å². The summed E-state index contributed by atoms with van der Waals surface area (Å²) in [5, 5.41) is 16.1. The Hall–Kier alpha value is -0.880. The Balaban J connectivity index is 1.37. The summed E-state index contributed by atoms with van der Waals surface area (Å²) in [6, 6.07) is 0. The van der Waals surface area contributed by atoms with Gasteiger partial charge in [-0.05, 0) is 11.8 Å². The number of nitrogens with zero attached hydrogens (tertiary/aromatic N) is 3. The molecule has 1 aliphatic carbocycles. The molecule has 1 fully saturated rings. The summed E-state index contributed by atoms with van der Waals surface area (Å²) in [6.07, 6.45) is 16.5. The molecule has 0 bridgehead atoms. The highest BCUT2D eigenvalue weighted by molar-refractivity contribution is 8.00. The molecule has 1 aliphatic heterocycles. The lowest BCUT2D eigenvalue weighted by Gasteiger charge is -2.41. The van der Waals surface area contributed by atoms with Gasteiger partial charge in [0.1, 0.15) is 5.25 Å². The number of ketones is 1. The Labute approximate surface area is 180 Å². The minimum atomic E-state index is -1.21. The van der Waals surface area contributed by atoms with Crippen LogP contribution in [0.15, 0.2) is 5.16 Å². The van der Waals surface area contributed by atoms with Crippen LogP contribution in [0.4, 0.5) is 0 Å². The van der Waals surface area contributed by atoms with Gasteiger partial charge in [-0.3, -0.25) is 4.79 Å². The van der Waals surface area contributed by atoms with Crippen LogP contribution >= 0.6 is 11.8 Å². The van der Waals surface area contributed by atoms with Gasteiger partial charge >= 0.3 is 0 Å². The number of unbranched alkanes of at least 4 members (excludes halogenated alkanes) is 10. The van der Waals surface area contributed by atoms with Crippen molar-refractivity contribution >= 4 is 17.5 Å². The highest BCUT2D eigenvalue weighted by Crippen LogP contribution is 2.52. The number of thioether (sulfide) groups is 1. The molecule has 1 aromatic heterocycles. The molecule has 2 unspecified atom stereocenters. The van der Waals surface area contributed by atoms with Crippen LogP contribution in [-0.4, -0.2) is 30.9 Å². The molecular weight excluding hydrogens is 382 g/mol. The van der Waals surface area contributed by atoms with Crippen LogP contribution in [-0.2, 0) is 16.9 Å². The van der Waals surface area contributed by atoms with Gasteiger partial charge < -0.3 is 5.11 Å². The summed E-state index contributed by atoms with van der Waals surface area (Å²) < 4.78 is 1.65. The second-order valence-corrected chi connectivity index (χ2v) is 10.9. The zero-order chi connectivity index (χ0) is 20.9. The van der Waals surface area contributed by atoms with Crippen LogP contribution in [0.3, 0.4) is 0 Å². The number of aromatic nitrogens is 3. The van der Waals surface area contributed by atoms with Gasteiger partial charge in [-0.1, -0.05) is 96.7 Å². The quantitative estimate of drug-likeness (QED) is 0.442. The minimum Gasteiger partial charge on any atom is -0.368 e. The van der Waals surface area contributed by atoms with Crippen LogP contribution in [0.1, 0.15) is 110 Å². The van der Waals surface area contributed by atoms with E-state index in [1.807, 2.05) is 13.8 Å². The molecule has 0 spiro atoms. The second-order valence-electron chi connectivity index (χ2n) is 9.87. The normalized spacial score (nSPS) is 25.2. The molecule has 0 saturated heterocycles. The number of carbonyl (C=O) groups excluding carboxylic acids is 1. The van der Waals surface area contributed by atoms with Gasteiger partial charge in [-0.25, -0.2) is 9.67 Å². The van der Waals surface area contributed by atoms with E-state index < -0.39 is 11.0 Å². The molecule has 2 atom stereocenters. The van der Waals surface area contributed by atoms with Gasteiger partial charge in [0.25, 0.3) is 0 Å². The predicted octanol–water partition coefficient (Wildman–Crippen LogP) is 5.64. The maximum Gasteiger partial charge on any atom is 0.189 e. The molecule has 2 aliphatic rings. The van der Waals surface area contributed by atoms with Crippen LogP contribution in [0.25, 0.3) is 0 Å².